The Morgan fingerprint density at radius 1 is 1.28 bits per heavy atom. The Hall–Kier alpha value is -1.71. The fourth-order valence-electron chi connectivity index (χ4n) is 1.58. The molecule has 0 spiro atoms. The number of para-hydroxylation sites is 2. The third-order valence-corrected chi connectivity index (χ3v) is 2.38. The molecule has 0 aromatic heterocycles. The first-order valence-corrected chi connectivity index (χ1v) is 6.33. The van der Waals surface area contributed by atoms with Crippen molar-refractivity contribution < 1.29 is 9.53 Å². The second kappa shape index (κ2) is 6.89. The Kier molecular flexibility index (Phi) is 5.49. The van der Waals surface area contributed by atoms with Crippen LogP contribution in [0.1, 0.15) is 27.7 Å². The Morgan fingerprint density at radius 3 is 2.56 bits per heavy atom. The van der Waals surface area contributed by atoms with Crippen LogP contribution in [0, 0.1) is 0 Å². The van der Waals surface area contributed by atoms with Crippen molar-refractivity contribution in [3.05, 3.63) is 24.3 Å². The highest BCUT2D eigenvalue weighted by atomic mass is 16.5. The van der Waals surface area contributed by atoms with Gasteiger partial charge in [0.15, 0.2) is 0 Å². The monoisotopic (exact) mass is 250 g/mol. The minimum atomic E-state index is -0.297. The summed E-state index contributed by atoms with van der Waals surface area (Å²) < 4.78 is 5.50. The molecule has 0 heterocycles. The van der Waals surface area contributed by atoms with Gasteiger partial charge in [-0.25, -0.2) is 0 Å². The zero-order valence-corrected chi connectivity index (χ0v) is 11.5. The molecule has 1 rings (SSSR count). The van der Waals surface area contributed by atoms with Crippen LogP contribution in [0.25, 0.3) is 0 Å². The number of amides is 1. The van der Waals surface area contributed by atoms with Gasteiger partial charge in [0, 0.05) is 6.04 Å². The molecule has 1 amide bonds. The highest BCUT2D eigenvalue weighted by Gasteiger charge is 2.14. The molecule has 0 bridgehead atoms. The van der Waals surface area contributed by atoms with E-state index in [4.69, 9.17) is 4.74 Å². The van der Waals surface area contributed by atoms with Gasteiger partial charge in [-0.15, -0.1) is 0 Å². The lowest BCUT2D eigenvalue weighted by molar-refractivity contribution is -0.122. The number of carbonyl (C=O) groups excluding carboxylic acids is 1. The first kappa shape index (κ1) is 14.4. The zero-order chi connectivity index (χ0) is 13.5. The molecule has 100 valence electrons. The minimum absolute atomic E-state index is 0.0173. The van der Waals surface area contributed by atoms with Crippen LogP contribution in [0.15, 0.2) is 24.3 Å². The van der Waals surface area contributed by atoms with E-state index in [0.717, 1.165) is 11.4 Å². The number of benzene rings is 1. The first-order chi connectivity index (χ1) is 8.54. The van der Waals surface area contributed by atoms with Gasteiger partial charge in [-0.05, 0) is 39.8 Å². The quantitative estimate of drug-likeness (QED) is 0.815. The lowest BCUT2D eigenvalue weighted by Crippen LogP contribution is -2.41. The second-order valence-corrected chi connectivity index (χ2v) is 4.46. The summed E-state index contributed by atoms with van der Waals surface area (Å²) in [6.45, 7) is 8.26. The lowest BCUT2D eigenvalue weighted by Gasteiger charge is -2.19. The molecule has 0 saturated heterocycles. The van der Waals surface area contributed by atoms with E-state index in [1.807, 2.05) is 52.0 Å². The van der Waals surface area contributed by atoms with Crippen LogP contribution < -0.4 is 15.4 Å². The molecule has 1 atom stereocenters. The molecule has 0 aliphatic heterocycles. The number of ether oxygens (including phenoxy) is 1. The van der Waals surface area contributed by atoms with Crippen LogP contribution in [0.5, 0.6) is 5.75 Å². The van der Waals surface area contributed by atoms with Gasteiger partial charge in [0.1, 0.15) is 11.8 Å². The summed E-state index contributed by atoms with van der Waals surface area (Å²) in [6.07, 6.45) is 0. The van der Waals surface area contributed by atoms with Crippen molar-refractivity contribution in [1.82, 2.24) is 5.32 Å². The number of carbonyl (C=O) groups is 1. The SMILES string of the molecule is CCOc1ccccc1N[C@H](C)C(=O)NC(C)C. The first-order valence-electron chi connectivity index (χ1n) is 6.33. The fourth-order valence-corrected chi connectivity index (χ4v) is 1.58. The highest BCUT2D eigenvalue weighted by molar-refractivity contribution is 5.84. The third kappa shape index (κ3) is 4.28. The van der Waals surface area contributed by atoms with Crippen molar-refractivity contribution in [2.24, 2.45) is 0 Å². The molecule has 0 aliphatic rings. The van der Waals surface area contributed by atoms with E-state index in [-0.39, 0.29) is 18.0 Å². The molecular formula is C14H22N2O2. The smallest absolute Gasteiger partial charge is 0.242 e. The van der Waals surface area contributed by atoms with E-state index >= 15 is 0 Å². The molecular weight excluding hydrogens is 228 g/mol. The Labute approximate surface area is 109 Å². The number of hydrogen-bond acceptors (Lipinski definition) is 3. The number of anilines is 1. The van der Waals surface area contributed by atoms with E-state index in [2.05, 4.69) is 10.6 Å². The average Bonchev–Trinajstić information content (AvgIpc) is 2.31. The van der Waals surface area contributed by atoms with Gasteiger partial charge >= 0.3 is 0 Å². The maximum atomic E-state index is 11.8. The Morgan fingerprint density at radius 2 is 1.94 bits per heavy atom. The normalized spacial score (nSPS) is 12.1. The number of hydrogen-bond donors (Lipinski definition) is 2. The second-order valence-electron chi connectivity index (χ2n) is 4.46. The van der Waals surface area contributed by atoms with Gasteiger partial charge in [0.05, 0.1) is 12.3 Å². The largest absolute Gasteiger partial charge is 0.492 e. The van der Waals surface area contributed by atoms with Gasteiger partial charge in [-0.2, -0.15) is 0 Å². The topological polar surface area (TPSA) is 50.4 Å². The molecule has 0 unspecified atom stereocenters. The standard InChI is InChI=1S/C14H22N2O2/c1-5-18-13-9-7-6-8-12(13)16-11(4)14(17)15-10(2)3/h6-11,16H,5H2,1-4H3,(H,15,17)/t11-/m1/s1. The van der Waals surface area contributed by atoms with Crippen molar-refractivity contribution in [3.8, 4) is 5.75 Å². The summed E-state index contributed by atoms with van der Waals surface area (Å²) in [5, 5.41) is 6.04. The molecule has 18 heavy (non-hydrogen) atoms. The van der Waals surface area contributed by atoms with Crippen LogP contribution in [0.3, 0.4) is 0 Å². The molecule has 1 aromatic carbocycles. The van der Waals surface area contributed by atoms with E-state index in [0.29, 0.717) is 6.61 Å². The van der Waals surface area contributed by atoms with E-state index in [1.54, 1.807) is 0 Å². The molecule has 0 radical (unpaired) electrons. The Balaban J connectivity index is 2.69. The maximum Gasteiger partial charge on any atom is 0.242 e. The Bertz CT molecular complexity index is 391. The summed E-state index contributed by atoms with van der Waals surface area (Å²) in [6, 6.07) is 7.47. The minimum Gasteiger partial charge on any atom is -0.492 e. The van der Waals surface area contributed by atoms with Crippen molar-refractivity contribution >= 4 is 11.6 Å². The van der Waals surface area contributed by atoms with Crippen molar-refractivity contribution in [2.45, 2.75) is 39.8 Å². The van der Waals surface area contributed by atoms with Crippen LogP contribution in [0.2, 0.25) is 0 Å². The number of nitrogens with one attached hydrogen (secondary N) is 2. The van der Waals surface area contributed by atoms with Crippen LogP contribution in [-0.4, -0.2) is 24.6 Å². The molecule has 0 aliphatic carbocycles. The van der Waals surface area contributed by atoms with Crippen molar-refractivity contribution in [1.29, 1.82) is 0 Å². The molecule has 2 N–H and O–H groups in total. The lowest BCUT2D eigenvalue weighted by atomic mass is 10.2. The van der Waals surface area contributed by atoms with E-state index < -0.39 is 0 Å². The summed E-state index contributed by atoms with van der Waals surface area (Å²) in [5.41, 5.74) is 0.839. The molecule has 1 aromatic rings. The summed E-state index contributed by atoms with van der Waals surface area (Å²) in [4.78, 5) is 11.8. The van der Waals surface area contributed by atoms with Crippen molar-refractivity contribution in [3.63, 3.8) is 0 Å². The van der Waals surface area contributed by atoms with Gasteiger partial charge in [-0.1, -0.05) is 12.1 Å². The van der Waals surface area contributed by atoms with Crippen LogP contribution in [0.4, 0.5) is 5.69 Å². The molecule has 0 fully saturated rings. The molecule has 0 saturated carbocycles. The third-order valence-electron chi connectivity index (χ3n) is 2.38. The summed E-state index contributed by atoms with van der Waals surface area (Å²) in [7, 11) is 0. The molecule has 4 nitrogen and oxygen atoms in total. The molecule has 4 heteroatoms. The van der Waals surface area contributed by atoms with Crippen LogP contribution in [-0.2, 0) is 4.79 Å². The zero-order valence-electron chi connectivity index (χ0n) is 11.5. The van der Waals surface area contributed by atoms with E-state index in [9.17, 15) is 4.79 Å². The van der Waals surface area contributed by atoms with Gasteiger partial charge in [0.25, 0.3) is 0 Å². The predicted octanol–water partition coefficient (Wildman–Crippen LogP) is 2.41. The summed E-state index contributed by atoms with van der Waals surface area (Å²) >= 11 is 0. The van der Waals surface area contributed by atoms with Gasteiger partial charge in [-0.3, -0.25) is 4.79 Å². The maximum absolute atomic E-state index is 11.8. The highest BCUT2D eigenvalue weighted by Crippen LogP contribution is 2.24. The fraction of sp³-hybridized carbons (Fsp3) is 0.500. The van der Waals surface area contributed by atoms with Crippen molar-refractivity contribution in [2.75, 3.05) is 11.9 Å². The summed E-state index contributed by atoms with van der Waals surface area (Å²) in [5.74, 6) is 0.750. The average molecular weight is 250 g/mol. The predicted molar refractivity (Wildman–Crippen MR) is 74.0 cm³/mol. The van der Waals surface area contributed by atoms with Gasteiger partial charge in [0.2, 0.25) is 5.91 Å². The van der Waals surface area contributed by atoms with Crippen LogP contribution >= 0.6 is 0 Å². The number of rotatable bonds is 6. The van der Waals surface area contributed by atoms with Gasteiger partial charge < -0.3 is 15.4 Å². The van der Waals surface area contributed by atoms with E-state index in [1.165, 1.54) is 0 Å².